The Morgan fingerprint density at radius 3 is 2.36 bits per heavy atom. The van der Waals surface area contributed by atoms with Gasteiger partial charge in [0.1, 0.15) is 5.00 Å². The van der Waals surface area contributed by atoms with E-state index in [1.54, 1.807) is 6.92 Å². The summed E-state index contributed by atoms with van der Waals surface area (Å²) >= 11 is 0.998. The number of benzene rings is 1. The predicted molar refractivity (Wildman–Crippen MR) is 94.9 cm³/mol. The lowest BCUT2D eigenvalue weighted by Gasteiger charge is -2.15. The van der Waals surface area contributed by atoms with E-state index in [4.69, 9.17) is 10.5 Å². The first-order valence-electron chi connectivity index (χ1n) is 7.79. The average Bonchev–Trinajstić information content (AvgIpc) is 3.35. The molecule has 1 aliphatic rings. The highest BCUT2D eigenvalue weighted by Crippen LogP contribution is 2.49. The van der Waals surface area contributed by atoms with Crippen LogP contribution in [0.25, 0.3) is 0 Å². The zero-order valence-electron chi connectivity index (χ0n) is 13.9. The maximum Gasteiger partial charge on any atom is 0.341 e. The fraction of sp³-hybridized carbons (Fsp3) is 0.278. The van der Waals surface area contributed by atoms with Gasteiger partial charge in [-0.25, -0.2) is 4.79 Å². The predicted octanol–water partition coefficient (Wildman–Crippen LogP) is 2.61. The first-order valence-corrected chi connectivity index (χ1v) is 8.61. The number of rotatable bonds is 5. The van der Waals surface area contributed by atoms with Crippen molar-refractivity contribution in [3.8, 4) is 0 Å². The van der Waals surface area contributed by atoms with Crippen molar-refractivity contribution in [2.45, 2.75) is 25.2 Å². The monoisotopic (exact) mass is 358 g/mol. The Balaban J connectivity index is 1.95. The molecule has 0 unspecified atom stereocenters. The van der Waals surface area contributed by atoms with E-state index in [0.29, 0.717) is 10.6 Å². The van der Waals surface area contributed by atoms with Gasteiger partial charge in [-0.05, 0) is 30.9 Å². The van der Waals surface area contributed by atoms with Crippen LogP contribution in [-0.2, 0) is 14.9 Å². The Hall–Kier alpha value is -2.67. The van der Waals surface area contributed by atoms with Gasteiger partial charge in [0.15, 0.2) is 0 Å². The van der Waals surface area contributed by atoms with E-state index in [1.807, 2.05) is 30.3 Å². The van der Waals surface area contributed by atoms with Crippen LogP contribution in [0.4, 0.5) is 5.00 Å². The van der Waals surface area contributed by atoms with Gasteiger partial charge < -0.3 is 15.8 Å². The molecule has 3 N–H and O–H groups in total. The normalized spacial score (nSPS) is 14.6. The molecule has 1 saturated carbocycles. The smallest absolute Gasteiger partial charge is 0.341 e. The minimum absolute atomic E-state index is 0.179. The molecular formula is C18H18N2O4S. The van der Waals surface area contributed by atoms with Crippen molar-refractivity contribution in [2.24, 2.45) is 5.73 Å². The second kappa shape index (κ2) is 6.33. The molecule has 0 aliphatic heterocycles. The minimum Gasteiger partial charge on any atom is -0.465 e. The summed E-state index contributed by atoms with van der Waals surface area (Å²) in [5, 5.41) is 3.11. The third-order valence-electron chi connectivity index (χ3n) is 4.50. The molecule has 0 saturated heterocycles. The fourth-order valence-corrected chi connectivity index (χ4v) is 3.98. The van der Waals surface area contributed by atoms with Gasteiger partial charge in [0, 0.05) is 0 Å². The number of amides is 2. The van der Waals surface area contributed by atoms with Gasteiger partial charge in [0.05, 0.1) is 23.0 Å². The van der Waals surface area contributed by atoms with E-state index in [0.717, 1.165) is 29.7 Å². The van der Waals surface area contributed by atoms with Crippen LogP contribution in [0, 0.1) is 6.92 Å². The van der Waals surface area contributed by atoms with Crippen molar-refractivity contribution >= 4 is 34.1 Å². The molecule has 25 heavy (non-hydrogen) atoms. The first-order chi connectivity index (χ1) is 11.9. The molecule has 2 amide bonds. The first kappa shape index (κ1) is 17.2. The van der Waals surface area contributed by atoms with Crippen LogP contribution in [0.5, 0.6) is 0 Å². The molecule has 1 fully saturated rings. The topological polar surface area (TPSA) is 98.5 Å². The molecule has 0 atom stereocenters. The van der Waals surface area contributed by atoms with Crippen molar-refractivity contribution in [1.82, 2.24) is 0 Å². The number of hydrogen-bond donors (Lipinski definition) is 2. The van der Waals surface area contributed by atoms with Gasteiger partial charge in [-0.15, -0.1) is 11.3 Å². The second-order valence-electron chi connectivity index (χ2n) is 6.02. The van der Waals surface area contributed by atoms with Crippen LogP contribution < -0.4 is 11.1 Å². The molecule has 130 valence electrons. The average molecular weight is 358 g/mol. The molecule has 6 nitrogen and oxygen atoms in total. The molecule has 1 aromatic heterocycles. The molecule has 2 aromatic rings. The molecule has 1 aromatic carbocycles. The summed E-state index contributed by atoms with van der Waals surface area (Å²) in [6.07, 6.45) is 1.48. The second-order valence-corrected chi connectivity index (χ2v) is 7.04. The van der Waals surface area contributed by atoms with E-state index < -0.39 is 17.3 Å². The van der Waals surface area contributed by atoms with Crippen molar-refractivity contribution in [3.63, 3.8) is 0 Å². The van der Waals surface area contributed by atoms with Gasteiger partial charge in [-0.2, -0.15) is 0 Å². The van der Waals surface area contributed by atoms with Crippen LogP contribution in [0.3, 0.4) is 0 Å². The third-order valence-corrected chi connectivity index (χ3v) is 5.72. The van der Waals surface area contributed by atoms with Gasteiger partial charge in [0.25, 0.3) is 5.91 Å². The summed E-state index contributed by atoms with van der Waals surface area (Å²) in [5.74, 6) is -1.44. The van der Waals surface area contributed by atoms with E-state index in [9.17, 15) is 14.4 Å². The van der Waals surface area contributed by atoms with Crippen LogP contribution in [-0.4, -0.2) is 24.9 Å². The number of thiophene rings is 1. The number of nitrogens with two attached hydrogens (primary N) is 1. The maximum atomic E-state index is 12.9. The van der Waals surface area contributed by atoms with Crippen LogP contribution >= 0.6 is 11.3 Å². The van der Waals surface area contributed by atoms with E-state index in [1.165, 1.54) is 7.11 Å². The Morgan fingerprint density at radius 2 is 1.84 bits per heavy atom. The third kappa shape index (κ3) is 2.91. The largest absolute Gasteiger partial charge is 0.465 e. The number of methoxy groups -OCH3 is 1. The van der Waals surface area contributed by atoms with Crippen molar-refractivity contribution < 1.29 is 19.1 Å². The molecule has 1 heterocycles. The number of carbonyl (C=O) groups is 3. The number of esters is 1. The quantitative estimate of drug-likeness (QED) is 0.803. The molecule has 3 rings (SSSR count). The highest BCUT2D eigenvalue weighted by molar-refractivity contribution is 7.18. The number of anilines is 1. The van der Waals surface area contributed by atoms with Gasteiger partial charge in [-0.1, -0.05) is 30.3 Å². The Morgan fingerprint density at radius 1 is 1.20 bits per heavy atom. The van der Waals surface area contributed by atoms with Crippen molar-refractivity contribution in [2.75, 3.05) is 12.4 Å². The summed E-state index contributed by atoms with van der Waals surface area (Å²) < 4.78 is 4.78. The van der Waals surface area contributed by atoms with Crippen LogP contribution in [0.2, 0.25) is 0 Å². The van der Waals surface area contributed by atoms with E-state index >= 15 is 0 Å². The van der Waals surface area contributed by atoms with Gasteiger partial charge >= 0.3 is 5.97 Å². The summed E-state index contributed by atoms with van der Waals surface area (Å²) in [5.41, 5.74) is 6.32. The minimum atomic E-state index is -0.641. The van der Waals surface area contributed by atoms with Crippen molar-refractivity contribution in [1.29, 1.82) is 0 Å². The lowest BCUT2D eigenvalue weighted by Crippen LogP contribution is -2.28. The SMILES string of the molecule is COC(=O)c1c(NC(=O)C2(c3ccccc3)CC2)sc(C(N)=O)c1C. The maximum absolute atomic E-state index is 12.9. The van der Waals surface area contributed by atoms with E-state index in [-0.39, 0.29) is 16.3 Å². The molecular weight excluding hydrogens is 340 g/mol. The number of primary amides is 1. The Kier molecular flexibility index (Phi) is 4.34. The zero-order chi connectivity index (χ0) is 18.2. The number of carbonyl (C=O) groups excluding carboxylic acids is 3. The highest BCUT2D eigenvalue weighted by atomic mass is 32.1. The molecule has 7 heteroatoms. The van der Waals surface area contributed by atoms with Gasteiger partial charge in [-0.3, -0.25) is 9.59 Å². The summed E-state index contributed by atoms with van der Waals surface area (Å²) in [6, 6.07) is 9.52. The number of ether oxygens (including phenoxy) is 1. The summed E-state index contributed by atoms with van der Waals surface area (Å²) in [6.45, 7) is 1.61. The lowest BCUT2D eigenvalue weighted by molar-refractivity contribution is -0.118. The Labute approximate surface area is 149 Å². The summed E-state index contributed by atoms with van der Waals surface area (Å²) in [4.78, 5) is 36.8. The summed E-state index contributed by atoms with van der Waals surface area (Å²) in [7, 11) is 1.25. The zero-order valence-corrected chi connectivity index (χ0v) is 14.7. The number of nitrogens with one attached hydrogen (secondary N) is 1. The molecule has 0 spiro atoms. The fourth-order valence-electron chi connectivity index (χ4n) is 2.94. The van der Waals surface area contributed by atoms with E-state index in [2.05, 4.69) is 5.32 Å². The lowest BCUT2D eigenvalue weighted by atomic mass is 9.95. The molecule has 0 radical (unpaired) electrons. The molecule has 1 aliphatic carbocycles. The van der Waals surface area contributed by atoms with Crippen molar-refractivity contribution in [3.05, 3.63) is 51.9 Å². The highest BCUT2D eigenvalue weighted by Gasteiger charge is 2.51. The number of hydrogen-bond acceptors (Lipinski definition) is 5. The Bertz CT molecular complexity index is 853. The van der Waals surface area contributed by atoms with Gasteiger partial charge in [0.2, 0.25) is 5.91 Å². The standard InChI is InChI=1S/C18H18N2O4S/c1-10-12(16(22)24-2)15(25-13(10)14(19)21)20-17(23)18(8-9-18)11-6-4-3-5-7-11/h3-7H,8-9H2,1-2H3,(H2,19,21)(H,20,23). The molecule has 0 bridgehead atoms. The van der Waals surface area contributed by atoms with Crippen LogP contribution in [0.1, 0.15) is 44.0 Å². The van der Waals surface area contributed by atoms with Crippen LogP contribution in [0.15, 0.2) is 30.3 Å².